The lowest BCUT2D eigenvalue weighted by atomic mass is 10.2. The van der Waals surface area contributed by atoms with E-state index in [1.54, 1.807) is 0 Å². The zero-order valence-electron chi connectivity index (χ0n) is 9.19. The maximum Gasteiger partial charge on any atom is 0.365 e. The summed E-state index contributed by atoms with van der Waals surface area (Å²) < 4.78 is 0. The number of likely N-dealkylation sites (tertiary alicyclic amines) is 1. The van der Waals surface area contributed by atoms with E-state index in [0.717, 1.165) is 25.3 Å². The fourth-order valence-electron chi connectivity index (χ4n) is 2.00. The number of carbonyl (C=O) groups is 1. The predicted octanol–water partition coefficient (Wildman–Crippen LogP) is 2.22. The van der Waals surface area contributed by atoms with Crippen LogP contribution in [0.4, 0.5) is 0 Å². The molecule has 0 bridgehead atoms. The van der Waals surface area contributed by atoms with Gasteiger partial charge in [-0.3, -0.25) is 4.90 Å². The van der Waals surface area contributed by atoms with Gasteiger partial charge in [0.2, 0.25) is 5.01 Å². The smallest absolute Gasteiger partial charge is 0.365 e. The summed E-state index contributed by atoms with van der Waals surface area (Å²) in [6.45, 7) is 3.02. The number of carboxylic acids is 1. The van der Waals surface area contributed by atoms with Crippen LogP contribution in [0.25, 0.3) is 0 Å². The molecule has 5 heteroatoms. The number of hydrogen-bond donors (Lipinski definition) is 1. The summed E-state index contributed by atoms with van der Waals surface area (Å²) in [4.78, 5) is 17.2. The van der Waals surface area contributed by atoms with E-state index in [9.17, 15) is 4.79 Å². The predicted molar refractivity (Wildman–Crippen MR) is 62.8 cm³/mol. The van der Waals surface area contributed by atoms with E-state index in [2.05, 4.69) is 9.88 Å². The van der Waals surface area contributed by atoms with E-state index in [0.29, 0.717) is 0 Å². The van der Waals surface area contributed by atoms with Gasteiger partial charge in [0.05, 0.1) is 5.69 Å². The van der Waals surface area contributed by atoms with Gasteiger partial charge in [-0.2, -0.15) is 0 Å². The van der Waals surface area contributed by atoms with Gasteiger partial charge in [0, 0.05) is 11.9 Å². The molecule has 16 heavy (non-hydrogen) atoms. The standard InChI is InChI=1S/C11H16N2O2S/c14-11(15)10-12-9(8-16-10)7-13-5-3-1-2-4-6-13/h8H,1-7H2,(H,14,15). The highest BCUT2D eigenvalue weighted by Gasteiger charge is 2.13. The Bertz CT molecular complexity index is 357. The molecular formula is C11H16N2O2S. The third kappa shape index (κ3) is 3.02. The molecule has 1 N–H and O–H groups in total. The fourth-order valence-corrected chi connectivity index (χ4v) is 2.65. The van der Waals surface area contributed by atoms with Crippen LogP contribution >= 0.6 is 11.3 Å². The van der Waals surface area contributed by atoms with Crippen molar-refractivity contribution in [1.82, 2.24) is 9.88 Å². The third-order valence-corrected chi connectivity index (χ3v) is 3.70. The first-order valence-electron chi connectivity index (χ1n) is 5.66. The maximum absolute atomic E-state index is 10.7. The molecule has 1 aromatic rings. The van der Waals surface area contributed by atoms with Crippen LogP contribution in [-0.4, -0.2) is 34.0 Å². The first kappa shape index (κ1) is 11.5. The number of aromatic nitrogens is 1. The molecule has 0 aliphatic carbocycles. The molecule has 1 fully saturated rings. The van der Waals surface area contributed by atoms with E-state index < -0.39 is 5.97 Å². The minimum atomic E-state index is -0.924. The molecule has 1 aromatic heterocycles. The fraction of sp³-hybridized carbons (Fsp3) is 0.636. The molecule has 2 heterocycles. The largest absolute Gasteiger partial charge is 0.476 e. The van der Waals surface area contributed by atoms with Gasteiger partial charge < -0.3 is 5.11 Å². The summed E-state index contributed by atoms with van der Waals surface area (Å²) in [6.07, 6.45) is 5.12. The van der Waals surface area contributed by atoms with Crippen molar-refractivity contribution in [1.29, 1.82) is 0 Å². The Hall–Kier alpha value is -0.940. The summed E-state index contributed by atoms with van der Waals surface area (Å²) in [5, 5.41) is 10.8. The Balaban J connectivity index is 1.94. The SMILES string of the molecule is O=C(O)c1nc(CN2CCCCCC2)cs1. The number of hydrogen-bond acceptors (Lipinski definition) is 4. The van der Waals surface area contributed by atoms with Crippen LogP contribution in [0.5, 0.6) is 0 Å². The summed E-state index contributed by atoms with van der Waals surface area (Å²) in [5.74, 6) is -0.924. The monoisotopic (exact) mass is 240 g/mol. The normalized spacial score (nSPS) is 18.2. The molecule has 88 valence electrons. The summed E-state index contributed by atoms with van der Waals surface area (Å²) in [5.41, 5.74) is 0.893. The highest BCUT2D eigenvalue weighted by Crippen LogP contribution is 2.15. The number of nitrogens with zero attached hydrogens (tertiary/aromatic N) is 2. The Morgan fingerprint density at radius 1 is 1.38 bits per heavy atom. The Kier molecular flexibility index (Phi) is 3.90. The van der Waals surface area contributed by atoms with Crippen molar-refractivity contribution < 1.29 is 9.90 Å². The van der Waals surface area contributed by atoms with Gasteiger partial charge in [-0.15, -0.1) is 11.3 Å². The van der Waals surface area contributed by atoms with Crippen LogP contribution in [0, 0.1) is 0 Å². The van der Waals surface area contributed by atoms with Gasteiger partial charge in [-0.25, -0.2) is 9.78 Å². The quantitative estimate of drug-likeness (QED) is 0.880. The second-order valence-electron chi connectivity index (χ2n) is 4.14. The Morgan fingerprint density at radius 2 is 2.06 bits per heavy atom. The number of aromatic carboxylic acids is 1. The van der Waals surface area contributed by atoms with Crippen LogP contribution in [-0.2, 0) is 6.54 Å². The van der Waals surface area contributed by atoms with Crippen molar-refractivity contribution in [3.63, 3.8) is 0 Å². The van der Waals surface area contributed by atoms with Crippen LogP contribution in [0.2, 0.25) is 0 Å². The molecule has 2 rings (SSSR count). The Labute approximate surface area is 98.9 Å². The Morgan fingerprint density at radius 3 is 2.62 bits per heavy atom. The van der Waals surface area contributed by atoms with Crippen molar-refractivity contribution in [3.8, 4) is 0 Å². The molecule has 0 atom stereocenters. The molecule has 4 nitrogen and oxygen atoms in total. The van der Waals surface area contributed by atoms with Crippen molar-refractivity contribution in [2.24, 2.45) is 0 Å². The lowest BCUT2D eigenvalue weighted by molar-refractivity contribution is 0.0696. The van der Waals surface area contributed by atoms with Crippen molar-refractivity contribution in [3.05, 3.63) is 16.1 Å². The molecule has 1 aliphatic heterocycles. The summed E-state index contributed by atoms with van der Waals surface area (Å²) >= 11 is 1.21. The summed E-state index contributed by atoms with van der Waals surface area (Å²) in [7, 11) is 0. The van der Waals surface area contributed by atoms with E-state index in [1.165, 1.54) is 37.0 Å². The second kappa shape index (κ2) is 5.41. The van der Waals surface area contributed by atoms with Crippen LogP contribution in [0.15, 0.2) is 5.38 Å². The molecule has 0 amide bonds. The topological polar surface area (TPSA) is 53.4 Å². The van der Waals surface area contributed by atoms with Crippen molar-refractivity contribution >= 4 is 17.3 Å². The van der Waals surface area contributed by atoms with E-state index in [4.69, 9.17) is 5.11 Å². The van der Waals surface area contributed by atoms with E-state index in [-0.39, 0.29) is 5.01 Å². The van der Waals surface area contributed by atoms with Crippen LogP contribution < -0.4 is 0 Å². The minimum absolute atomic E-state index is 0.199. The maximum atomic E-state index is 10.7. The molecule has 1 aliphatic rings. The van der Waals surface area contributed by atoms with Crippen LogP contribution in [0.3, 0.4) is 0 Å². The highest BCUT2D eigenvalue weighted by atomic mass is 32.1. The minimum Gasteiger partial charge on any atom is -0.476 e. The van der Waals surface area contributed by atoms with Crippen molar-refractivity contribution in [2.45, 2.75) is 32.2 Å². The average molecular weight is 240 g/mol. The van der Waals surface area contributed by atoms with Gasteiger partial charge >= 0.3 is 5.97 Å². The highest BCUT2D eigenvalue weighted by molar-refractivity contribution is 7.11. The number of thiazole rings is 1. The lowest BCUT2D eigenvalue weighted by Crippen LogP contribution is -2.24. The van der Waals surface area contributed by atoms with E-state index in [1.807, 2.05) is 5.38 Å². The zero-order chi connectivity index (χ0) is 11.4. The van der Waals surface area contributed by atoms with Crippen molar-refractivity contribution in [2.75, 3.05) is 13.1 Å². The van der Waals surface area contributed by atoms with Gasteiger partial charge in [-0.1, -0.05) is 12.8 Å². The third-order valence-electron chi connectivity index (χ3n) is 2.82. The van der Waals surface area contributed by atoms with E-state index >= 15 is 0 Å². The second-order valence-corrected chi connectivity index (χ2v) is 5.00. The van der Waals surface area contributed by atoms with Crippen LogP contribution in [0.1, 0.15) is 41.2 Å². The lowest BCUT2D eigenvalue weighted by Gasteiger charge is -2.17. The molecule has 0 aromatic carbocycles. The number of rotatable bonds is 3. The molecule has 0 radical (unpaired) electrons. The molecule has 0 saturated carbocycles. The molecule has 0 spiro atoms. The molecular weight excluding hydrogens is 224 g/mol. The van der Waals surface area contributed by atoms with Gasteiger partial charge in [0.15, 0.2) is 0 Å². The first-order valence-corrected chi connectivity index (χ1v) is 6.54. The summed E-state index contributed by atoms with van der Waals surface area (Å²) in [6, 6.07) is 0. The van der Waals surface area contributed by atoms with Gasteiger partial charge in [-0.05, 0) is 25.9 Å². The first-order chi connectivity index (χ1) is 7.75. The molecule has 0 unspecified atom stereocenters. The number of carboxylic acid groups (broad SMARTS) is 1. The van der Waals surface area contributed by atoms with Gasteiger partial charge in [0.1, 0.15) is 0 Å². The molecule has 1 saturated heterocycles. The average Bonchev–Trinajstić information content (AvgIpc) is 2.56. The zero-order valence-corrected chi connectivity index (χ0v) is 10.0. The van der Waals surface area contributed by atoms with Gasteiger partial charge in [0.25, 0.3) is 0 Å².